The van der Waals surface area contributed by atoms with E-state index in [2.05, 4.69) is 10.6 Å². The van der Waals surface area contributed by atoms with Gasteiger partial charge >= 0.3 is 0 Å². The Morgan fingerprint density at radius 1 is 1.18 bits per heavy atom. The van der Waals surface area contributed by atoms with Gasteiger partial charge in [0.2, 0.25) is 0 Å². The third kappa shape index (κ3) is 5.42. The second-order valence-corrected chi connectivity index (χ2v) is 8.65. The van der Waals surface area contributed by atoms with Crippen molar-refractivity contribution < 1.29 is 28.6 Å². The molecule has 4 N–H and O–H groups in total. The van der Waals surface area contributed by atoms with E-state index in [4.69, 9.17) is 0 Å². The van der Waals surface area contributed by atoms with Gasteiger partial charge in [-0.05, 0) is 75.8 Å². The Balaban J connectivity index is 1.87. The van der Waals surface area contributed by atoms with Crippen LogP contribution in [0.15, 0.2) is 18.2 Å². The van der Waals surface area contributed by atoms with Crippen molar-refractivity contribution in [3.63, 3.8) is 0 Å². The number of aryl methyl sites for hydroxylation is 1. The average Bonchev–Trinajstić information content (AvgIpc) is 3.01. The van der Waals surface area contributed by atoms with Gasteiger partial charge in [-0.1, -0.05) is 0 Å². The summed E-state index contributed by atoms with van der Waals surface area (Å²) in [5.74, 6) is -1.51. The van der Waals surface area contributed by atoms with Gasteiger partial charge in [0.05, 0.1) is 23.9 Å². The molecule has 1 saturated carbocycles. The van der Waals surface area contributed by atoms with Crippen LogP contribution in [0.4, 0.5) is 14.5 Å². The van der Waals surface area contributed by atoms with Crippen molar-refractivity contribution in [2.24, 2.45) is 0 Å². The molecule has 0 spiro atoms. The molecule has 1 aromatic heterocycles. The molecule has 0 saturated heterocycles. The molecule has 180 valence electrons. The zero-order valence-electron chi connectivity index (χ0n) is 19.1. The molecule has 2 aromatic rings. The Labute approximate surface area is 191 Å². The number of aromatic nitrogens is 1. The van der Waals surface area contributed by atoms with E-state index in [9.17, 15) is 28.6 Å². The lowest BCUT2D eigenvalue weighted by molar-refractivity contribution is -0.131. The summed E-state index contributed by atoms with van der Waals surface area (Å²) in [6.45, 7) is 3.96. The smallest absolute Gasteiger partial charge is 0.257 e. The molecular weight excluding hydrogens is 432 g/mol. The van der Waals surface area contributed by atoms with Crippen LogP contribution in [0.5, 0.6) is 0 Å². The minimum Gasteiger partial charge on any atom is -0.393 e. The van der Waals surface area contributed by atoms with Gasteiger partial charge in [0, 0.05) is 17.4 Å². The Morgan fingerprint density at radius 2 is 1.85 bits per heavy atom. The van der Waals surface area contributed by atoms with Gasteiger partial charge in [-0.3, -0.25) is 9.59 Å². The number of aliphatic hydroxyl groups excluding tert-OH is 2. The Hall–Kier alpha value is -2.78. The Bertz CT molecular complexity index is 1030. The van der Waals surface area contributed by atoms with Gasteiger partial charge in [0.1, 0.15) is 12.5 Å². The maximum atomic E-state index is 13.6. The molecule has 0 aliphatic heterocycles. The first kappa shape index (κ1) is 24.9. The van der Waals surface area contributed by atoms with Crippen LogP contribution in [-0.4, -0.2) is 45.4 Å². The van der Waals surface area contributed by atoms with Crippen molar-refractivity contribution in [2.45, 2.75) is 71.2 Å². The van der Waals surface area contributed by atoms with Crippen molar-refractivity contribution in [3.05, 3.63) is 52.1 Å². The summed E-state index contributed by atoms with van der Waals surface area (Å²) in [5.41, 5.74) is 1.96. The second kappa shape index (κ2) is 10.4. The summed E-state index contributed by atoms with van der Waals surface area (Å²) < 4.78 is 28.3. The molecule has 0 bridgehead atoms. The van der Waals surface area contributed by atoms with Crippen LogP contribution in [0.1, 0.15) is 64.7 Å². The molecule has 9 heteroatoms. The maximum absolute atomic E-state index is 13.6. The topological polar surface area (TPSA) is 104 Å². The summed E-state index contributed by atoms with van der Waals surface area (Å²) in [7, 11) is 0. The zero-order chi connectivity index (χ0) is 24.3. The quantitative estimate of drug-likeness (QED) is 0.506. The maximum Gasteiger partial charge on any atom is 0.257 e. The minimum atomic E-state index is -1.59. The summed E-state index contributed by atoms with van der Waals surface area (Å²) in [6.07, 6.45) is 0.397. The normalized spacial score (nSPS) is 19.2. The SMILES string of the molecule is Cc1cc(NC(=O)c2c(C)c(C(O)C(=O)N[C@H]3CC[C@@H](O)CC3)n(CCF)c2C)ccc1F. The molecule has 7 nitrogen and oxygen atoms in total. The molecule has 1 fully saturated rings. The molecule has 1 aromatic carbocycles. The Morgan fingerprint density at radius 3 is 2.45 bits per heavy atom. The van der Waals surface area contributed by atoms with E-state index in [0.29, 0.717) is 48.2 Å². The molecule has 2 amide bonds. The van der Waals surface area contributed by atoms with Gasteiger partial charge < -0.3 is 25.4 Å². The van der Waals surface area contributed by atoms with Gasteiger partial charge in [0.15, 0.2) is 6.10 Å². The van der Waals surface area contributed by atoms with Crippen LogP contribution >= 0.6 is 0 Å². The summed E-state index contributed by atoms with van der Waals surface area (Å²) in [6, 6.07) is 4.03. The van der Waals surface area contributed by atoms with E-state index >= 15 is 0 Å². The van der Waals surface area contributed by atoms with Crippen LogP contribution in [0.25, 0.3) is 0 Å². The Kier molecular flexibility index (Phi) is 7.86. The van der Waals surface area contributed by atoms with E-state index < -0.39 is 30.4 Å². The molecule has 1 atom stereocenters. The molecule has 1 heterocycles. The third-order valence-electron chi connectivity index (χ3n) is 6.32. The number of alkyl halides is 1. The molecule has 1 unspecified atom stereocenters. The average molecular weight is 464 g/mol. The van der Waals surface area contributed by atoms with Crippen LogP contribution < -0.4 is 10.6 Å². The molecule has 0 radical (unpaired) electrons. The molecular formula is C24H31F2N3O4. The van der Waals surface area contributed by atoms with Crippen molar-refractivity contribution in [2.75, 3.05) is 12.0 Å². The van der Waals surface area contributed by atoms with Gasteiger partial charge in [0.25, 0.3) is 11.8 Å². The van der Waals surface area contributed by atoms with Crippen LogP contribution in [-0.2, 0) is 11.3 Å². The minimum absolute atomic E-state index is 0.120. The first-order chi connectivity index (χ1) is 15.6. The lowest BCUT2D eigenvalue weighted by Crippen LogP contribution is -2.41. The first-order valence-corrected chi connectivity index (χ1v) is 11.1. The number of benzene rings is 1. The first-order valence-electron chi connectivity index (χ1n) is 11.1. The summed E-state index contributed by atoms with van der Waals surface area (Å²) in [5, 5.41) is 26.0. The van der Waals surface area contributed by atoms with E-state index in [1.807, 2.05) is 0 Å². The molecule has 1 aliphatic rings. The highest BCUT2D eigenvalue weighted by atomic mass is 19.1. The monoisotopic (exact) mass is 463 g/mol. The summed E-state index contributed by atoms with van der Waals surface area (Å²) in [4.78, 5) is 25.8. The van der Waals surface area contributed by atoms with E-state index in [1.165, 1.54) is 22.8 Å². The fourth-order valence-electron chi connectivity index (χ4n) is 4.52. The predicted octanol–water partition coefficient (Wildman–Crippen LogP) is 3.23. The molecule has 1 aliphatic carbocycles. The highest BCUT2D eigenvalue weighted by Gasteiger charge is 2.31. The van der Waals surface area contributed by atoms with Crippen LogP contribution in [0.2, 0.25) is 0 Å². The third-order valence-corrected chi connectivity index (χ3v) is 6.32. The largest absolute Gasteiger partial charge is 0.393 e. The van der Waals surface area contributed by atoms with Crippen molar-refractivity contribution in [1.82, 2.24) is 9.88 Å². The highest BCUT2D eigenvalue weighted by Crippen LogP contribution is 2.29. The highest BCUT2D eigenvalue weighted by molar-refractivity contribution is 6.06. The number of amides is 2. The fourth-order valence-corrected chi connectivity index (χ4v) is 4.52. The molecule has 3 rings (SSSR count). The number of hydrogen-bond acceptors (Lipinski definition) is 4. The van der Waals surface area contributed by atoms with Gasteiger partial charge in [-0.25, -0.2) is 8.78 Å². The number of nitrogens with one attached hydrogen (secondary N) is 2. The second-order valence-electron chi connectivity index (χ2n) is 8.65. The van der Waals surface area contributed by atoms with E-state index in [1.54, 1.807) is 20.8 Å². The number of carbonyl (C=O) groups is 2. The summed E-state index contributed by atoms with van der Waals surface area (Å²) >= 11 is 0. The number of hydrogen-bond donors (Lipinski definition) is 4. The predicted molar refractivity (Wildman–Crippen MR) is 120 cm³/mol. The number of halogens is 2. The van der Waals surface area contributed by atoms with E-state index in [-0.39, 0.29) is 29.9 Å². The van der Waals surface area contributed by atoms with Crippen LogP contribution in [0, 0.1) is 26.6 Å². The van der Waals surface area contributed by atoms with Crippen molar-refractivity contribution >= 4 is 17.5 Å². The number of nitrogens with zero attached hydrogens (tertiary/aromatic N) is 1. The molecule has 33 heavy (non-hydrogen) atoms. The zero-order valence-corrected chi connectivity index (χ0v) is 19.1. The van der Waals surface area contributed by atoms with Crippen LogP contribution in [0.3, 0.4) is 0 Å². The number of anilines is 1. The van der Waals surface area contributed by atoms with Crippen molar-refractivity contribution in [1.29, 1.82) is 0 Å². The fraction of sp³-hybridized carbons (Fsp3) is 0.500. The van der Waals surface area contributed by atoms with Gasteiger partial charge in [-0.15, -0.1) is 0 Å². The lowest BCUT2D eigenvalue weighted by Gasteiger charge is -2.27. The van der Waals surface area contributed by atoms with Crippen molar-refractivity contribution in [3.8, 4) is 0 Å². The number of carbonyl (C=O) groups excluding carboxylic acids is 2. The standard InChI is InChI=1S/C24H31F2N3O4/c1-13-12-17(6-9-19(13)26)28-23(32)20-14(2)21(29(11-10-25)15(20)3)22(31)24(33)27-16-4-7-18(30)8-5-16/h6,9,12,16,18,22,30-31H,4-5,7-8,10-11H2,1-3H3,(H,27,33)(H,28,32)/t16-,18+,22?. The van der Waals surface area contributed by atoms with Gasteiger partial charge in [-0.2, -0.15) is 0 Å². The van der Waals surface area contributed by atoms with E-state index in [0.717, 1.165) is 0 Å². The lowest BCUT2D eigenvalue weighted by atomic mass is 9.93. The number of aliphatic hydroxyl groups is 2. The number of rotatable bonds is 7.